The van der Waals surface area contributed by atoms with Gasteiger partial charge in [0.05, 0.1) is 17.2 Å². The molecule has 11 heavy (non-hydrogen) atoms. The molecule has 0 radical (unpaired) electrons. The van der Waals surface area contributed by atoms with Gasteiger partial charge >= 0.3 is 0 Å². The number of ether oxygens (including phenoxy) is 1. The van der Waals surface area contributed by atoms with Gasteiger partial charge in [0, 0.05) is 0 Å². The lowest BCUT2D eigenvalue weighted by atomic mass is 10.3. The number of hydrogen-bond acceptors (Lipinski definition) is 1. The van der Waals surface area contributed by atoms with Crippen LogP contribution in [0, 0.1) is 0 Å². The Morgan fingerprint density at radius 1 is 1.09 bits per heavy atom. The predicted octanol–water partition coefficient (Wildman–Crippen LogP) is 3.66. The topological polar surface area (TPSA) is 9.23 Å². The molecule has 0 aliphatic carbocycles. The van der Waals surface area contributed by atoms with Crippen molar-refractivity contribution in [3.63, 3.8) is 0 Å². The Hall–Kier alpha value is -0.110. The van der Waals surface area contributed by atoms with Crippen LogP contribution in [0.4, 0.5) is 0 Å². The first kappa shape index (κ1) is 8.98. The van der Waals surface area contributed by atoms with Gasteiger partial charge < -0.3 is 4.74 Å². The van der Waals surface area contributed by atoms with Crippen LogP contribution in [0.2, 0.25) is 15.1 Å². The molecule has 0 unspecified atom stereocenters. The highest BCUT2D eigenvalue weighted by molar-refractivity contribution is 6.44. The Balaban J connectivity index is 3.29. The third kappa shape index (κ3) is 1.73. The molecular weight excluding hydrogens is 206 g/mol. The van der Waals surface area contributed by atoms with E-state index in [1.54, 1.807) is 12.1 Å². The first-order valence-electron chi connectivity index (χ1n) is 2.84. The molecule has 0 aliphatic heterocycles. The van der Waals surface area contributed by atoms with Crippen LogP contribution < -0.4 is 4.74 Å². The van der Waals surface area contributed by atoms with Gasteiger partial charge in [0.1, 0.15) is 5.02 Å². The molecule has 60 valence electrons. The molecule has 0 bridgehead atoms. The first-order valence-corrected chi connectivity index (χ1v) is 3.97. The van der Waals surface area contributed by atoms with E-state index in [4.69, 9.17) is 39.5 Å². The smallest absolute Gasteiger partial charge is 0.157 e. The van der Waals surface area contributed by atoms with E-state index in [9.17, 15) is 0 Å². The number of rotatable bonds is 1. The fourth-order valence-electron chi connectivity index (χ4n) is 0.696. The Bertz CT molecular complexity index is 273. The zero-order chi connectivity index (χ0) is 8.43. The minimum atomic E-state index is 0.349. The van der Waals surface area contributed by atoms with Crippen LogP contribution in [0.3, 0.4) is 0 Å². The van der Waals surface area contributed by atoms with Gasteiger partial charge in [0.2, 0.25) is 0 Å². The molecule has 0 fully saturated rings. The lowest BCUT2D eigenvalue weighted by Crippen LogP contribution is -1.85. The first-order chi connectivity index (χ1) is 5.16. The highest BCUT2D eigenvalue weighted by Crippen LogP contribution is 2.37. The standard InChI is InChI=1S/C7H5Cl3O/c1-11-7-5(9)3-2-4(8)6(7)10/h2-3H,1H3. The fraction of sp³-hybridized carbons (Fsp3) is 0.143. The van der Waals surface area contributed by atoms with Crippen LogP contribution in [0.5, 0.6) is 5.75 Å². The summed E-state index contributed by atoms with van der Waals surface area (Å²) in [6, 6.07) is 3.25. The molecule has 0 amide bonds. The fourth-order valence-corrected chi connectivity index (χ4v) is 1.37. The van der Waals surface area contributed by atoms with Gasteiger partial charge in [0.25, 0.3) is 0 Å². The maximum absolute atomic E-state index is 5.76. The molecular formula is C7H5Cl3O. The largest absolute Gasteiger partial charge is 0.494 e. The zero-order valence-corrected chi connectivity index (χ0v) is 7.96. The molecule has 4 heteroatoms. The van der Waals surface area contributed by atoms with Gasteiger partial charge in [-0.05, 0) is 12.1 Å². The van der Waals surface area contributed by atoms with E-state index in [-0.39, 0.29) is 0 Å². The number of halogens is 3. The zero-order valence-electron chi connectivity index (χ0n) is 5.70. The lowest BCUT2D eigenvalue weighted by molar-refractivity contribution is 0.415. The molecule has 0 saturated heterocycles. The molecule has 0 atom stereocenters. The molecule has 0 spiro atoms. The van der Waals surface area contributed by atoms with E-state index in [0.29, 0.717) is 20.8 Å². The summed E-state index contributed by atoms with van der Waals surface area (Å²) in [5.41, 5.74) is 0. The molecule has 0 N–H and O–H groups in total. The van der Waals surface area contributed by atoms with Gasteiger partial charge in [-0.25, -0.2) is 0 Å². The van der Waals surface area contributed by atoms with Gasteiger partial charge in [-0.2, -0.15) is 0 Å². The minimum absolute atomic E-state index is 0.349. The second-order valence-electron chi connectivity index (χ2n) is 1.88. The molecule has 0 aromatic heterocycles. The maximum Gasteiger partial charge on any atom is 0.157 e. The van der Waals surface area contributed by atoms with E-state index >= 15 is 0 Å². The van der Waals surface area contributed by atoms with Gasteiger partial charge in [-0.15, -0.1) is 0 Å². The highest BCUT2D eigenvalue weighted by atomic mass is 35.5. The third-order valence-electron chi connectivity index (χ3n) is 1.21. The average Bonchev–Trinajstić information content (AvgIpc) is 1.99. The SMILES string of the molecule is COc1c(Cl)ccc(Cl)c1Cl. The van der Waals surface area contributed by atoms with E-state index in [0.717, 1.165) is 0 Å². The monoisotopic (exact) mass is 210 g/mol. The number of benzene rings is 1. The second kappa shape index (κ2) is 3.53. The molecule has 1 rings (SSSR count). The van der Waals surface area contributed by atoms with E-state index in [1.807, 2.05) is 0 Å². The Morgan fingerprint density at radius 3 is 2.09 bits per heavy atom. The quantitative estimate of drug-likeness (QED) is 0.644. The van der Waals surface area contributed by atoms with Crippen LogP contribution in [0.1, 0.15) is 0 Å². The highest BCUT2D eigenvalue weighted by Gasteiger charge is 2.08. The van der Waals surface area contributed by atoms with Gasteiger partial charge in [0.15, 0.2) is 5.75 Å². The van der Waals surface area contributed by atoms with E-state index in [1.165, 1.54) is 7.11 Å². The summed E-state index contributed by atoms with van der Waals surface area (Å²) < 4.78 is 4.91. The van der Waals surface area contributed by atoms with Crippen molar-refractivity contribution in [1.82, 2.24) is 0 Å². The summed E-state index contributed by atoms with van der Waals surface area (Å²) >= 11 is 17.2. The van der Waals surface area contributed by atoms with Crippen LogP contribution in [-0.2, 0) is 0 Å². The average molecular weight is 211 g/mol. The van der Waals surface area contributed by atoms with Crippen molar-refractivity contribution in [3.8, 4) is 5.75 Å². The molecule has 0 saturated carbocycles. The summed E-state index contributed by atoms with van der Waals surface area (Å²) in [5.74, 6) is 0.417. The van der Waals surface area contributed by atoms with Crippen molar-refractivity contribution in [1.29, 1.82) is 0 Å². The van der Waals surface area contributed by atoms with Crippen molar-refractivity contribution in [2.24, 2.45) is 0 Å². The second-order valence-corrected chi connectivity index (χ2v) is 3.07. The minimum Gasteiger partial charge on any atom is -0.494 e. The predicted molar refractivity (Wildman–Crippen MR) is 48.0 cm³/mol. The molecule has 1 aromatic rings. The van der Waals surface area contributed by atoms with Gasteiger partial charge in [-0.1, -0.05) is 34.8 Å². The maximum atomic E-state index is 5.76. The Kier molecular flexibility index (Phi) is 2.88. The molecule has 1 nitrogen and oxygen atoms in total. The van der Waals surface area contributed by atoms with Crippen molar-refractivity contribution in [2.75, 3.05) is 7.11 Å². The van der Waals surface area contributed by atoms with E-state index < -0.39 is 0 Å². The summed E-state index contributed by atoms with van der Waals surface area (Å²) in [6.45, 7) is 0. The number of hydrogen-bond donors (Lipinski definition) is 0. The van der Waals surface area contributed by atoms with Crippen LogP contribution in [0.25, 0.3) is 0 Å². The lowest BCUT2D eigenvalue weighted by Gasteiger charge is -2.05. The Morgan fingerprint density at radius 2 is 1.64 bits per heavy atom. The van der Waals surface area contributed by atoms with Crippen LogP contribution in [0.15, 0.2) is 12.1 Å². The third-order valence-corrected chi connectivity index (χ3v) is 2.29. The van der Waals surface area contributed by atoms with Crippen molar-refractivity contribution in [2.45, 2.75) is 0 Å². The normalized spacial score (nSPS) is 9.82. The molecule has 0 heterocycles. The molecule has 1 aromatic carbocycles. The van der Waals surface area contributed by atoms with Gasteiger partial charge in [-0.3, -0.25) is 0 Å². The summed E-state index contributed by atoms with van der Waals surface area (Å²) in [4.78, 5) is 0. The summed E-state index contributed by atoms with van der Waals surface area (Å²) in [7, 11) is 1.49. The number of methoxy groups -OCH3 is 1. The van der Waals surface area contributed by atoms with Crippen molar-refractivity contribution in [3.05, 3.63) is 27.2 Å². The van der Waals surface area contributed by atoms with Crippen LogP contribution >= 0.6 is 34.8 Å². The summed E-state index contributed by atoms with van der Waals surface area (Å²) in [5, 5.41) is 1.25. The van der Waals surface area contributed by atoms with Crippen molar-refractivity contribution >= 4 is 34.8 Å². The van der Waals surface area contributed by atoms with E-state index in [2.05, 4.69) is 0 Å². The molecule has 0 aliphatic rings. The van der Waals surface area contributed by atoms with Crippen LogP contribution in [-0.4, -0.2) is 7.11 Å². The van der Waals surface area contributed by atoms with Crippen molar-refractivity contribution < 1.29 is 4.74 Å². The summed E-state index contributed by atoms with van der Waals surface area (Å²) in [6.07, 6.45) is 0. The Labute approximate surface area is 79.8 Å².